The van der Waals surface area contributed by atoms with E-state index in [4.69, 9.17) is 0 Å². The van der Waals surface area contributed by atoms with Gasteiger partial charge in [0.2, 0.25) is 0 Å². The van der Waals surface area contributed by atoms with Crippen molar-refractivity contribution in [2.45, 2.75) is 32.1 Å². The lowest BCUT2D eigenvalue weighted by Crippen LogP contribution is -2.16. The first kappa shape index (κ1) is 34.4. The molecule has 0 saturated carbocycles. The molecule has 0 unspecified atom stereocenters. The molecular formula is C59H42N2. The number of hydrogen-bond acceptors (Lipinski definition) is 1. The van der Waals surface area contributed by atoms with Crippen molar-refractivity contribution < 1.29 is 0 Å². The van der Waals surface area contributed by atoms with Crippen LogP contribution in [0.5, 0.6) is 0 Å². The normalized spacial score (nSPS) is 13.7. The summed E-state index contributed by atoms with van der Waals surface area (Å²) in [6, 6.07) is 72.6. The zero-order valence-corrected chi connectivity index (χ0v) is 34.3. The Bertz CT molecular complexity index is 3550. The van der Waals surface area contributed by atoms with Gasteiger partial charge >= 0.3 is 0 Å². The highest BCUT2D eigenvalue weighted by Crippen LogP contribution is 2.54. The zero-order chi connectivity index (χ0) is 40.4. The summed E-state index contributed by atoms with van der Waals surface area (Å²) >= 11 is 0. The van der Waals surface area contributed by atoms with Gasteiger partial charge in [0, 0.05) is 43.9 Å². The van der Waals surface area contributed by atoms with Crippen LogP contribution < -0.4 is 4.90 Å². The summed E-state index contributed by atoms with van der Waals surface area (Å²) in [5.41, 5.74) is 23.3. The Balaban J connectivity index is 0.933. The number of nitrogens with zero attached hydrogens (tertiary/aromatic N) is 2. The molecule has 2 heteroatoms. The molecule has 0 radical (unpaired) electrons. The molecule has 2 aromatic heterocycles. The van der Waals surface area contributed by atoms with Crippen molar-refractivity contribution in [2.75, 3.05) is 4.90 Å². The van der Waals surface area contributed by atoms with Gasteiger partial charge in [-0.2, -0.15) is 0 Å². The molecule has 61 heavy (non-hydrogen) atoms. The van der Waals surface area contributed by atoms with E-state index in [0.717, 1.165) is 18.5 Å². The quantitative estimate of drug-likeness (QED) is 0.169. The second-order valence-corrected chi connectivity index (χ2v) is 17.6. The molecule has 11 aromatic rings. The maximum atomic E-state index is 2.50. The molecule has 0 atom stereocenters. The Morgan fingerprint density at radius 3 is 1.90 bits per heavy atom. The van der Waals surface area contributed by atoms with Crippen molar-refractivity contribution in [3.05, 3.63) is 216 Å². The average molecular weight is 779 g/mol. The molecule has 0 fully saturated rings. The minimum absolute atomic E-state index is 0.0877. The summed E-state index contributed by atoms with van der Waals surface area (Å²) in [6.07, 6.45) is 2.00. The van der Waals surface area contributed by atoms with Crippen LogP contribution in [0.3, 0.4) is 0 Å². The molecule has 13 rings (SSSR count). The number of aromatic nitrogens is 1. The van der Waals surface area contributed by atoms with Crippen LogP contribution in [-0.2, 0) is 18.3 Å². The fourth-order valence-electron chi connectivity index (χ4n) is 11.2. The fraction of sp³-hybridized carbons (Fsp3) is 0.0847. The summed E-state index contributed by atoms with van der Waals surface area (Å²) in [7, 11) is 0. The van der Waals surface area contributed by atoms with Crippen molar-refractivity contribution in [1.82, 2.24) is 4.40 Å². The smallest absolute Gasteiger partial charge is 0.0620 e. The second kappa shape index (κ2) is 12.8. The van der Waals surface area contributed by atoms with Crippen LogP contribution in [0.25, 0.3) is 82.6 Å². The van der Waals surface area contributed by atoms with Crippen LogP contribution >= 0.6 is 0 Å². The Kier molecular flexibility index (Phi) is 7.22. The van der Waals surface area contributed by atoms with E-state index < -0.39 is 0 Å². The number of aryl methyl sites for hydroxylation is 2. The Morgan fingerprint density at radius 2 is 1.03 bits per heavy atom. The maximum absolute atomic E-state index is 2.50. The van der Waals surface area contributed by atoms with Crippen molar-refractivity contribution >= 4 is 55.2 Å². The van der Waals surface area contributed by atoms with E-state index in [0.29, 0.717) is 0 Å². The molecule has 0 amide bonds. The van der Waals surface area contributed by atoms with Crippen LogP contribution in [0.2, 0.25) is 0 Å². The van der Waals surface area contributed by atoms with Crippen LogP contribution in [0.1, 0.15) is 36.1 Å². The lowest BCUT2D eigenvalue weighted by molar-refractivity contribution is 0.660. The van der Waals surface area contributed by atoms with E-state index in [1.807, 2.05) is 0 Å². The van der Waals surface area contributed by atoms with Gasteiger partial charge in [0.15, 0.2) is 0 Å². The Hall–Kier alpha value is -7.42. The van der Waals surface area contributed by atoms with Gasteiger partial charge in [-0.25, -0.2) is 0 Å². The number of anilines is 3. The van der Waals surface area contributed by atoms with E-state index in [2.05, 4.69) is 217 Å². The van der Waals surface area contributed by atoms with Gasteiger partial charge in [-0.05, 0) is 117 Å². The summed E-state index contributed by atoms with van der Waals surface area (Å²) < 4.78 is 2.48. The first-order valence-electron chi connectivity index (χ1n) is 21.6. The third kappa shape index (κ3) is 4.91. The number of benzene rings is 9. The monoisotopic (exact) mass is 778 g/mol. The average Bonchev–Trinajstić information content (AvgIpc) is 3.92. The van der Waals surface area contributed by atoms with E-state index in [1.165, 1.54) is 116 Å². The van der Waals surface area contributed by atoms with Crippen molar-refractivity contribution in [2.24, 2.45) is 0 Å². The van der Waals surface area contributed by atoms with Gasteiger partial charge < -0.3 is 9.30 Å². The van der Waals surface area contributed by atoms with Gasteiger partial charge in [0.25, 0.3) is 0 Å². The highest BCUT2D eigenvalue weighted by atomic mass is 15.1. The van der Waals surface area contributed by atoms with Crippen LogP contribution in [-0.4, -0.2) is 4.40 Å². The Labute approximate surface area is 355 Å². The summed E-state index contributed by atoms with van der Waals surface area (Å²) in [4.78, 5) is 2.50. The van der Waals surface area contributed by atoms with Gasteiger partial charge in [-0.3, -0.25) is 0 Å². The third-order valence-corrected chi connectivity index (χ3v) is 14.0. The molecule has 2 aliphatic rings. The standard InChI is InChI=1S/C59H42N2/c1-59(2)51-20-8-6-16-49(51)57-52(59)21-12-24-55(57)60(42-30-27-38(28-31-42)37-13-4-3-5-14-37)43-32-34-45-41(36-43)26-25-39-35-40(29-33-44(39)45)46-17-11-23-54-56(46)50-19-10-18-48-47-15-7-9-22-53(47)61(54)58(48)50/h3-24,27-36H,25-26H2,1-2H3. The number of rotatable bonds is 5. The van der Waals surface area contributed by atoms with Crippen molar-refractivity contribution in [1.29, 1.82) is 0 Å². The summed E-state index contributed by atoms with van der Waals surface area (Å²) in [6.45, 7) is 4.74. The van der Waals surface area contributed by atoms with Gasteiger partial charge in [0.05, 0.1) is 22.2 Å². The second-order valence-electron chi connectivity index (χ2n) is 17.6. The van der Waals surface area contributed by atoms with Gasteiger partial charge in [-0.1, -0.05) is 166 Å². The molecule has 0 saturated heterocycles. The maximum Gasteiger partial charge on any atom is 0.0620 e. The minimum Gasteiger partial charge on any atom is -0.310 e. The highest BCUT2D eigenvalue weighted by Gasteiger charge is 2.38. The number of hydrogen-bond donors (Lipinski definition) is 0. The first-order chi connectivity index (χ1) is 30.0. The lowest BCUT2D eigenvalue weighted by Gasteiger charge is -2.30. The fourth-order valence-corrected chi connectivity index (χ4v) is 11.2. The Morgan fingerprint density at radius 1 is 0.426 bits per heavy atom. The van der Waals surface area contributed by atoms with Crippen LogP contribution in [0.15, 0.2) is 194 Å². The molecule has 2 aliphatic carbocycles. The SMILES string of the molecule is CC1(C)c2ccccc2-c2c(N(c3ccc(-c4ccccc4)cc3)c3ccc4c(c3)CCc3cc(-c5cccc6c5c5cccc7c8ccccc8n6c75)ccc3-4)cccc21. The first-order valence-corrected chi connectivity index (χ1v) is 21.6. The molecule has 9 aromatic carbocycles. The van der Waals surface area contributed by atoms with E-state index >= 15 is 0 Å². The third-order valence-electron chi connectivity index (χ3n) is 14.0. The molecule has 0 bridgehead atoms. The van der Waals surface area contributed by atoms with E-state index in [-0.39, 0.29) is 5.41 Å². The van der Waals surface area contributed by atoms with E-state index in [1.54, 1.807) is 0 Å². The predicted molar refractivity (Wildman–Crippen MR) is 257 cm³/mol. The number of fused-ring (bicyclic) bond motifs is 12. The van der Waals surface area contributed by atoms with E-state index in [9.17, 15) is 0 Å². The zero-order valence-electron chi connectivity index (χ0n) is 34.3. The number of para-hydroxylation sites is 2. The van der Waals surface area contributed by atoms with Gasteiger partial charge in [0.1, 0.15) is 0 Å². The molecule has 2 nitrogen and oxygen atoms in total. The van der Waals surface area contributed by atoms with Crippen molar-refractivity contribution in [3.63, 3.8) is 0 Å². The molecule has 0 spiro atoms. The topological polar surface area (TPSA) is 7.65 Å². The molecule has 0 N–H and O–H groups in total. The van der Waals surface area contributed by atoms with Crippen molar-refractivity contribution in [3.8, 4) is 44.5 Å². The molecule has 0 aliphatic heterocycles. The molecule has 288 valence electrons. The minimum atomic E-state index is -0.0877. The molecular weight excluding hydrogens is 737 g/mol. The lowest BCUT2D eigenvalue weighted by atomic mass is 9.82. The summed E-state index contributed by atoms with van der Waals surface area (Å²) in [5, 5.41) is 5.30. The highest BCUT2D eigenvalue weighted by molar-refractivity contribution is 6.25. The van der Waals surface area contributed by atoms with Crippen LogP contribution in [0, 0.1) is 0 Å². The molecule has 2 heterocycles. The van der Waals surface area contributed by atoms with Crippen LogP contribution in [0.4, 0.5) is 17.1 Å². The summed E-state index contributed by atoms with van der Waals surface area (Å²) in [5.74, 6) is 0. The van der Waals surface area contributed by atoms with Gasteiger partial charge in [-0.15, -0.1) is 0 Å². The largest absolute Gasteiger partial charge is 0.310 e. The predicted octanol–water partition coefficient (Wildman–Crippen LogP) is 15.7.